The third-order valence-electron chi connectivity index (χ3n) is 5.50. The maximum atomic E-state index is 14.3. The lowest BCUT2D eigenvalue weighted by Gasteiger charge is -2.30. The lowest BCUT2D eigenvalue weighted by Crippen LogP contribution is -2.36. The van der Waals surface area contributed by atoms with E-state index in [1.165, 1.54) is 19.1 Å². The Morgan fingerprint density at radius 3 is 2.56 bits per heavy atom. The molecule has 0 unspecified atom stereocenters. The summed E-state index contributed by atoms with van der Waals surface area (Å²) in [5, 5.41) is 9.19. The molecule has 0 spiro atoms. The van der Waals surface area contributed by atoms with Crippen molar-refractivity contribution in [1.29, 1.82) is 0 Å². The summed E-state index contributed by atoms with van der Waals surface area (Å²) in [5.41, 5.74) is 1.34. The highest BCUT2D eigenvalue weighted by Gasteiger charge is 2.27. The van der Waals surface area contributed by atoms with Gasteiger partial charge in [-0.25, -0.2) is 18.7 Å². The van der Waals surface area contributed by atoms with Crippen LogP contribution in [0.4, 0.5) is 26.4 Å². The second kappa shape index (κ2) is 9.05. The van der Waals surface area contributed by atoms with Gasteiger partial charge in [0.05, 0.1) is 11.9 Å². The van der Waals surface area contributed by atoms with Crippen LogP contribution in [0, 0.1) is 11.6 Å². The molecule has 1 aromatic carbocycles. The molecule has 3 aromatic rings. The summed E-state index contributed by atoms with van der Waals surface area (Å²) in [6, 6.07) is 3.72. The van der Waals surface area contributed by atoms with Crippen LogP contribution in [-0.2, 0) is 4.79 Å². The monoisotopic (exact) mass is 443 g/mol. The van der Waals surface area contributed by atoms with Gasteiger partial charge in [0, 0.05) is 31.1 Å². The number of hydrogen-bond acceptors (Lipinski definition) is 6. The molecule has 170 valence electrons. The zero-order chi connectivity index (χ0) is 22.8. The molecule has 1 fully saturated rings. The zero-order valence-corrected chi connectivity index (χ0v) is 18.3. The van der Waals surface area contributed by atoms with E-state index in [0.717, 1.165) is 31.7 Å². The third kappa shape index (κ3) is 4.79. The Balaban J connectivity index is 1.71. The van der Waals surface area contributed by atoms with Crippen LogP contribution in [0.3, 0.4) is 0 Å². The van der Waals surface area contributed by atoms with Gasteiger partial charge >= 0.3 is 0 Å². The van der Waals surface area contributed by atoms with Gasteiger partial charge in [-0.3, -0.25) is 9.36 Å². The van der Waals surface area contributed by atoms with Crippen molar-refractivity contribution in [3.8, 4) is 0 Å². The van der Waals surface area contributed by atoms with Crippen LogP contribution in [-0.4, -0.2) is 37.5 Å². The molecular formula is C22H27F2N7O. The van der Waals surface area contributed by atoms with E-state index in [1.807, 2.05) is 18.4 Å². The Hall–Kier alpha value is -3.30. The number of halogens is 2. The number of imidazole rings is 1. The molecule has 0 aliphatic heterocycles. The highest BCUT2D eigenvalue weighted by atomic mass is 19.1. The lowest BCUT2D eigenvalue weighted by molar-refractivity contribution is -0.119. The van der Waals surface area contributed by atoms with E-state index in [4.69, 9.17) is 0 Å². The van der Waals surface area contributed by atoms with Crippen molar-refractivity contribution in [3.63, 3.8) is 0 Å². The molecule has 0 radical (unpaired) electrons. The minimum absolute atomic E-state index is 0.0344. The van der Waals surface area contributed by atoms with Gasteiger partial charge in [-0.05, 0) is 51.7 Å². The number of aromatic nitrogens is 4. The first-order chi connectivity index (χ1) is 15.3. The molecule has 2 aromatic heterocycles. The molecule has 0 atom stereocenters. The summed E-state index contributed by atoms with van der Waals surface area (Å²) >= 11 is 0. The molecule has 1 aliphatic rings. The molecular weight excluding hydrogens is 416 g/mol. The van der Waals surface area contributed by atoms with Crippen molar-refractivity contribution in [2.24, 2.45) is 0 Å². The largest absolute Gasteiger partial charge is 0.354 e. The van der Waals surface area contributed by atoms with Crippen molar-refractivity contribution < 1.29 is 13.6 Å². The molecule has 0 saturated heterocycles. The molecule has 10 heteroatoms. The number of nitrogens with zero attached hydrogens (tertiary/aromatic N) is 4. The quantitative estimate of drug-likeness (QED) is 0.526. The summed E-state index contributed by atoms with van der Waals surface area (Å²) in [5.74, 6) is -0.475. The SMILES string of the molecule is CC(=O)NC1CCC(n2c(Nc3ccc(F)cc3F)nc3cnc(NC(C)C)nc32)CC1. The van der Waals surface area contributed by atoms with E-state index in [9.17, 15) is 13.6 Å². The van der Waals surface area contributed by atoms with Crippen LogP contribution in [0.1, 0.15) is 52.5 Å². The van der Waals surface area contributed by atoms with Gasteiger partial charge in [0.1, 0.15) is 17.2 Å². The van der Waals surface area contributed by atoms with Crippen LogP contribution in [0.2, 0.25) is 0 Å². The van der Waals surface area contributed by atoms with Crippen molar-refractivity contribution >= 4 is 34.7 Å². The molecule has 2 heterocycles. The number of carbonyl (C=O) groups excluding carboxylic acids is 1. The Morgan fingerprint density at radius 1 is 1.16 bits per heavy atom. The zero-order valence-electron chi connectivity index (χ0n) is 18.3. The minimum Gasteiger partial charge on any atom is -0.354 e. The van der Waals surface area contributed by atoms with Gasteiger partial charge in [0.25, 0.3) is 0 Å². The van der Waals surface area contributed by atoms with Crippen LogP contribution >= 0.6 is 0 Å². The molecule has 4 rings (SSSR count). The highest BCUT2D eigenvalue weighted by Crippen LogP contribution is 2.35. The van der Waals surface area contributed by atoms with E-state index >= 15 is 0 Å². The number of benzene rings is 1. The highest BCUT2D eigenvalue weighted by molar-refractivity contribution is 5.77. The first-order valence-electron chi connectivity index (χ1n) is 10.8. The molecule has 1 aliphatic carbocycles. The first-order valence-corrected chi connectivity index (χ1v) is 10.8. The van der Waals surface area contributed by atoms with Crippen molar-refractivity contribution in [2.45, 2.75) is 64.6 Å². The minimum atomic E-state index is -0.703. The molecule has 32 heavy (non-hydrogen) atoms. The van der Waals surface area contributed by atoms with Crippen LogP contribution in [0.15, 0.2) is 24.4 Å². The fraction of sp³-hybridized carbons (Fsp3) is 0.455. The fourth-order valence-electron chi connectivity index (χ4n) is 4.13. The van der Waals surface area contributed by atoms with E-state index in [2.05, 4.69) is 30.9 Å². The third-order valence-corrected chi connectivity index (χ3v) is 5.50. The van der Waals surface area contributed by atoms with Crippen LogP contribution in [0.25, 0.3) is 11.2 Å². The van der Waals surface area contributed by atoms with Gasteiger partial charge < -0.3 is 16.0 Å². The smallest absolute Gasteiger partial charge is 0.224 e. The number of amides is 1. The van der Waals surface area contributed by atoms with Gasteiger partial charge in [-0.15, -0.1) is 0 Å². The van der Waals surface area contributed by atoms with Crippen LogP contribution < -0.4 is 16.0 Å². The van der Waals surface area contributed by atoms with E-state index in [1.54, 1.807) is 6.20 Å². The molecule has 8 nitrogen and oxygen atoms in total. The average Bonchev–Trinajstić information content (AvgIpc) is 3.07. The number of anilines is 3. The van der Waals surface area contributed by atoms with E-state index < -0.39 is 11.6 Å². The second-order valence-electron chi connectivity index (χ2n) is 8.46. The van der Waals surface area contributed by atoms with E-state index in [0.29, 0.717) is 23.1 Å². The Morgan fingerprint density at radius 2 is 1.91 bits per heavy atom. The fourth-order valence-corrected chi connectivity index (χ4v) is 4.13. The number of nitrogens with one attached hydrogen (secondary N) is 3. The van der Waals surface area contributed by atoms with Gasteiger partial charge in [0.2, 0.25) is 17.8 Å². The molecule has 0 bridgehead atoms. The van der Waals surface area contributed by atoms with Gasteiger partial charge in [0.15, 0.2) is 5.65 Å². The summed E-state index contributed by atoms with van der Waals surface area (Å²) in [7, 11) is 0. The maximum Gasteiger partial charge on any atom is 0.224 e. The second-order valence-corrected chi connectivity index (χ2v) is 8.46. The van der Waals surface area contributed by atoms with Crippen molar-refractivity contribution in [2.75, 3.05) is 10.6 Å². The normalized spacial score (nSPS) is 18.7. The summed E-state index contributed by atoms with van der Waals surface area (Å²) < 4.78 is 29.7. The predicted octanol–water partition coefficient (Wildman–Crippen LogP) is 4.29. The van der Waals surface area contributed by atoms with Crippen LogP contribution in [0.5, 0.6) is 0 Å². The Kier molecular flexibility index (Phi) is 6.20. The van der Waals surface area contributed by atoms with E-state index in [-0.39, 0.29) is 29.7 Å². The van der Waals surface area contributed by atoms with Crippen molar-refractivity contribution in [3.05, 3.63) is 36.0 Å². The topological polar surface area (TPSA) is 96.8 Å². The summed E-state index contributed by atoms with van der Waals surface area (Å²) in [4.78, 5) is 25.0. The first kappa shape index (κ1) is 21.9. The molecule has 3 N–H and O–H groups in total. The molecule has 1 saturated carbocycles. The lowest BCUT2D eigenvalue weighted by atomic mass is 9.91. The maximum absolute atomic E-state index is 14.3. The average molecular weight is 444 g/mol. The number of fused-ring (bicyclic) bond motifs is 1. The van der Waals surface area contributed by atoms with Crippen molar-refractivity contribution in [1.82, 2.24) is 24.8 Å². The number of carbonyl (C=O) groups is 1. The summed E-state index contributed by atoms with van der Waals surface area (Å²) in [6.07, 6.45) is 4.87. The standard InChI is InChI=1S/C22H27F2N7O/c1-12(2)26-21-25-11-19-20(30-21)31(16-7-5-15(6-8-16)27-13(3)32)22(29-19)28-18-9-4-14(23)10-17(18)24/h4,9-12,15-16H,5-8H2,1-3H3,(H,27,32)(H,28,29)(H,25,26,30). The molecule has 1 amide bonds. The predicted molar refractivity (Wildman–Crippen MR) is 119 cm³/mol. The Bertz CT molecular complexity index is 1120. The van der Waals surface area contributed by atoms with Gasteiger partial charge in [-0.1, -0.05) is 0 Å². The number of hydrogen-bond donors (Lipinski definition) is 3. The summed E-state index contributed by atoms with van der Waals surface area (Å²) in [6.45, 7) is 5.52. The number of rotatable bonds is 6. The van der Waals surface area contributed by atoms with Gasteiger partial charge in [-0.2, -0.15) is 4.98 Å². The Labute approximate surface area is 184 Å².